The minimum atomic E-state index is -1.04. The van der Waals surface area contributed by atoms with E-state index in [0.717, 1.165) is 22.5 Å². The second kappa shape index (κ2) is 10.6. The normalized spacial score (nSPS) is 15.4. The molecule has 41 heavy (non-hydrogen) atoms. The summed E-state index contributed by atoms with van der Waals surface area (Å²) in [5.74, 6) is 0.759. The number of furan rings is 1. The maximum atomic E-state index is 13.4. The first kappa shape index (κ1) is 26.9. The van der Waals surface area contributed by atoms with Crippen LogP contribution in [-0.2, 0) is 20.1 Å². The van der Waals surface area contributed by atoms with Crippen molar-refractivity contribution >= 4 is 28.5 Å². The zero-order chi connectivity index (χ0) is 28.7. The predicted octanol–water partition coefficient (Wildman–Crippen LogP) is 4.02. The van der Waals surface area contributed by atoms with Gasteiger partial charge >= 0.3 is 0 Å². The number of halogens is 1. The molecule has 1 fully saturated rings. The Balaban J connectivity index is 1.15. The summed E-state index contributed by atoms with van der Waals surface area (Å²) < 4.78 is 8.55. The lowest BCUT2D eigenvalue weighted by Gasteiger charge is -2.38. The lowest BCUT2D eigenvalue weighted by Crippen LogP contribution is -2.47. The molecule has 1 aliphatic heterocycles. The summed E-state index contributed by atoms with van der Waals surface area (Å²) in [4.78, 5) is 20.2. The van der Waals surface area contributed by atoms with Crippen LogP contribution in [0, 0.1) is 5.41 Å². The predicted molar refractivity (Wildman–Crippen MR) is 158 cm³/mol. The van der Waals surface area contributed by atoms with E-state index in [1.54, 1.807) is 30.1 Å². The summed E-state index contributed by atoms with van der Waals surface area (Å²) in [6.45, 7) is 2.15. The number of nitrogen functional groups attached to an aromatic ring is 1. The number of aryl methyl sites for hydroxylation is 1. The Morgan fingerprint density at radius 1 is 1.12 bits per heavy atom. The maximum Gasteiger partial charge on any atom is 0.281 e. The molecule has 11 heteroatoms. The molecule has 1 saturated heterocycles. The highest BCUT2D eigenvalue weighted by molar-refractivity contribution is 6.31. The van der Waals surface area contributed by atoms with E-state index >= 15 is 0 Å². The van der Waals surface area contributed by atoms with E-state index in [4.69, 9.17) is 27.2 Å². The lowest BCUT2D eigenvalue weighted by atomic mass is 9.91. The van der Waals surface area contributed by atoms with Gasteiger partial charge in [-0.2, -0.15) is 5.10 Å². The van der Waals surface area contributed by atoms with Crippen molar-refractivity contribution in [2.45, 2.75) is 31.5 Å². The number of rotatable bonds is 7. The van der Waals surface area contributed by atoms with Gasteiger partial charge in [-0.05, 0) is 36.6 Å². The third-order valence-electron chi connectivity index (χ3n) is 7.79. The number of benzene rings is 2. The summed E-state index contributed by atoms with van der Waals surface area (Å²) >= 11 is 6.58. The number of aromatic nitrogens is 4. The van der Waals surface area contributed by atoms with Crippen LogP contribution in [-0.4, -0.2) is 53.9 Å². The van der Waals surface area contributed by atoms with E-state index < -0.39 is 5.60 Å². The molecule has 0 bridgehead atoms. The summed E-state index contributed by atoms with van der Waals surface area (Å²) in [6, 6.07) is 16.8. The number of nitrogens with one attached hydrogen (secondary N) is 1. The Bertz CT molecular complexity index is 1780. The molecule has 0 saturated carbocycles. The third-order valence-corrected chi connectivity index (χ3v) is 8.14. The Morgan fingerprint density at radius 2 is 1.85 bits per heavy atom. The molecule has 0 spiro atoms. The van der Waals surface area contributed by atoms with Crippen LogP contribution >= 0.6 is 11.6 Å². The van der Waals surface area contributed by atoms with E-state index in [2.05, 4.69) is 15.0 Å². The van der Waals surface area contributed by atoms with Crippen LogP contribution in [0.4, 0.5) is 0 Å². The Morgan fingerprint density at radius 3 is 2.51 bits per heavy atom. The minimum absolute atomic E-state index is 0.0141. The van der Waals surface area contributed by atoms with Crippen LogP contribution in [0.5, 0.6) is 0 Å². The molecule has 5 aromatic rings. The average Bonchev–Trinajstić information content (AvgIpc) is 3.61. The van der Waals surface area contributed by atoms with Gasteiger partial charge in [0, 0.05) is 48.4 Å². The number of hydrogen-bond donors (Lipinski definition) is 3. The van der Waals surface area contributed by atoms with Gasteiger partial charge in [-0.15, -0.1) is 0 Å². The Labute approximate surface area is 241 Å². The van der Waals surface area contributed by atoms with Crippen molar-refractivity contribution < 1.29 is 9.52 Å². The summed E-state index contributed by atoms with van der Waals surface area (Å²) in [5, 5.41) is 24.1. The van der Waals surface area contributed by atoms with Gasteiger partial charge < -0.3 is 15.3 Å². The van der Waals surface area contributed by atoms with Gasteiger partial charge in [0.2, 0.25) is 0 Å². The van der Waals surface area contributed by atoms with E-state index in [1.165, 1.54) is 10.9 Å². The average molecular weight is 572 g/mol. The van der Waals surface area contributed by atoms with E-state index in [1.807, 2.05) is 42.5 Å². The fourth-order valence-corrected chi connectivity index (χ4v) is 5.69. The molecule has 2 aromatic carbocycles. The van der Waals surface area contributed by atoms with Crippen LogP contribution in [0.15, 0.2) is 76.4 Å². The highest BCUT2D eigenvalue weighted by Crippen LogP contribution is 2.30. The quantitative estimate of drug-likeness (QED) is 0.198. The molecule has 4 heterocycles. The van der Waals surface area contributed by atoms with Crippen molar-refractivity contribution in [3.8, 4) is 22.6 Å². The van der Waals surface area contributed by atoms with Gasteiger partial charge in [0.1, 0.15) is 17.1 Å². The van der Waals surface area contributed by atoms with E-state index in [9.17, 15) is 9.90 Å². The molecule has 1 aliphatic rings. The van der Waals surface area contributed by atoms with Crippen molar-refractivity contribution in [3.63, 3.8) is 0 Å². The smallest absolute Gasteiger partial charge is 0.281 e. The number of amidine groups is 1. The molecule has 0 unspecified atom stereocenters. The highest BCUT2D eigenvalue weighted by atomic mass is 35.5. The van der Waals surface area contributed by atoms with Crippen LogP contribution in [0.25, 0.3) is 33.6 Å². The van der Waals surface area contributed by atoms with Gasteiger partial charge in [-0.1, -0.05) is 48.0 Å². The molecular weight excluding hydrogens is 542 g/mol. The molecule has 0 radical (unpaired) electrons. The third kappa shape index (κ3) is 5.29. The number of fused-ring (bicyclic) bond motifs is 1. The molecule has 10 nitrogen and oxygen atoms in total. The fraction of sp³-hybridized carbons (Fsp3) is 0.267. The van der Waals surface area contributed by atoms with Crippen LogP contribution in [0.3, 0.4) is 0 Å². The number of hydrogen-bond acceptors (Lipinski definition) is 7. The maximum absolute atomic E-state index is 13.4. The molecule has 0 aliphatic carbocycles. The Hall–Kier alpha value is -4.25. The topological polar surface area (TPSA) is 139 Å². The van der Waals surface area contributed by atoms with E-state index in [0.29, 0.717) is 54.3 Å². The molecule has 4 N–H and O–H groups in total. The van der Waals surface area contributed by atoms with E-state index in [-0.39, 0.29) is 23.5 Å². The standard InChI is InChI=1S/C30H30ClN7O3/c1-36-27(19-4-6-20(7-5-19)28(32)33)25-26(35-36)29(39)38(18-34-25)17-30(40)10-12-37(13-11-30)16-22-9-8-21(15-23(22)31)24-3-2-14-41-24/h2-9,14-15,18,40H,10-13,16-17H2,1H3,(H3,32,33). The number of nitrogens with two attached hydrogens (primary N) is 1. The number of likely N-dealkylation sites (tertiary alicyclic amines) is 1. The molecule has 0 amide bonds. The van der Waals surface area contributed by atoms with Crippen molar-refractivity contribution in [3.05, 3.63) is 93.7 Å². The highest BCUT2D eigenvalue weighted by Gasteiger charge is 2.33. The monoisotopic (exact) mass is 571 g/mol. The fourth-order valence-electron chi connectivity index (χ4n) is 5.45. The van der Waals surface area contributed by atoms with Gasteiger partial charge in [0.25, 0.3) is 5.56 Å². The zero-order valence-electron chi connectivity index (χ0n) is 22.5. The van der Waals surface area contributed by atoms with Crippen molar-refractivity contribution in [1.82, 2.24) is 24.2 Å². The molecule has 0 atom stereocenters. The van der Waals surface area contributed by atoms with Gasteiger partial charge in [-0.3, -0.25) is 24.4 Å². The van der Waals surface area contributed by atoms with Crippen molar-refractivity contribution in [1.29, 1.82) is 5.41 Å². The van der Waals surface area contributed by atoms with Crippen LogP contribution in [0.2, 0.25) is 5.02 Å². The molecular formula is C30H30ClN7O3. The second-order valence-corrected chi connectivity index (χ2v) is 11.0. The first-order chi connectivity index (χ1) is 19.7. The number of nitrogens with zero attached hydrogens (tertiary/aromatic N) is 5. The van der Waals surface area contributed by atoms with Gasteiger partial charge in [0.05, 0.1) is 30.4 Å². The summed E-state index contributed by atoms with van der Waals surface area (Å²) in [5.41, 5.74) is 9.03. The number of aliphatic hydroxyl groups is 1. The largest absolute Gasteiger partial charge is 0.464 e. The second-order valence-electron chi connectivity index (χ2n) is 10.6. The molecule has 210 valence electrons. The lowest BCUT2D eigenvalue weighted by molar-refractivity contribution is -0.0364. The number of piperidine rings is 1. The Kier molecular flexibility index (Phi) is 6.98. The van der Waals surface area contributed by atoms with Gasteiger partial charge in [-0.25, -0.2) is 4.98 Å². The first-order valence-corrected chi connectivity index (χ1v) is 13.7. The SMILES string of the molecule is Cn1nc2c(=O)n(CC3(O)CCN(Cc4ccc(-c5ccco5)cc4Cl)CC3)cnc2c1-c1ccc(C(=N)N)cc1. The summed E-state index contributed by atoms with van der Waals surface area (Å²) in [7, 11) is 1.76. The van der Waals surface area contributed by atoms with Crippen LogP contribution < -0.4 is 11.3 Å². The van der Waals surface area contributed by atoms with Crippen molar-refractivity contribution in [2.75, 3.05) is 13.1 Å². The van der Waals surface area contributed by atoms with Crippen LogP contribution in [0.1, 0.15) is 24.0 Å². The molecule has 3 aromatic heterocycles. The van der Waals surface area contributed by atoms with Gasteiger partial charge in [0.15, 0.2) is 5.52 Å². The zero-order valence-corrected chi connectivity index (χ0v) is 23.3. The summed E-state index contributed by atoms with van der Waals surface area (Å²) in [6.07, 6.45) is 4.15. The van der Waals surface area contributed by atoms with Crippen molar-refractivity contribution in [2.24, 2.45) is 12.8 Å². The molecule has 6 rings (SSSR count). The first-order valence-electron chi connectivity index (χ1n) is 13.3. The minimum Gasteiger partial charge on any atom is -0.464 e.